The van der Waals surface area contributed by atoms with Crippen molar-refractivity contribution in [3.8, 4) is 0 Å². The van der Waals surface area contributed by atoms with Crippen LogP contribution in [0.25, 0.3) is 0 Å². The van der Waals surface area contributed by atoms with E-state index in [0.717, 1.165) is 24.4 Å². The third kappa shape index (κ3) is 3.67. The van der Waals surface area contributed by atoms with Crippen LogP contribution in [0.5, 0.6) is 0 Å². The molecule has 0 saturated heterocycles. The van der Waals surface area contributed by atoms with Crippen molar-refractivity contribution in [2.24, 2.45) is 0 Å². The molecular formula is C18H24N2. The second kappa shape index (κ2) is 6.67. The van der Waals surface area contributed by atoms with Gasteiger partial charge in [0.1, 0.15) is 0 Å². The Balaban J connectivity index is 2.22. The highest BCUT2D eigenvalue weighted by molar-refractivity contribution is 5.31. The SMILES string of the molecule is CCNC(Cc1ccc(C)c(C)c1)c1cccc(C)n1. The fourth-order valence-corrected chi connectivity index (χ4v) is 2.45. The number of hydrogen-bond donors (Lipinski definition) is 1. The predicted molar refractivity (Wildman–Crippen MR) is 85.0 cm³/mol. The second-order valence-corrected chi connectivity index (χ2v) is 5.44. The summed E-state index contributed by atoms with van der Waals surface area (Å²) >= 11 is 0. The van der Waals surface area contributed by atoms with Crippen LogP contribution < -0.4 is 5.32 Å². The molecule has 1 unspecified atom stereocenters. The third-order valence-corrected chi connectivity index (χ3v) is 3.73. The molecule has 106 valence electrons. The number of hydrogen-bond acceptors (Lipinski definition) is 2. The van der Waals surface area contributed by atoms with Crippen LogP contribution in [0, 0.1) is 20.8 Å². The number of benzene rings is 1. The zero-order chi connectivity index (χ0) is 14.5. The zero-order valence-electron chi connectivity index (χ0n) is 12.9. The number of nitrogens with zero attached hydrogens (tertiary/aromatic N) is 1. The van der Waals surface area contributed by atoms with E-state index in [4.69, 9.17) is 0 Å². The molecule has 0 spiro atoms. The van der Waals surface area contributed by atoms with Crippen molar-refractivity contribution in [3.63, 3.8) is 0 Å². The molecule has 2 heteroatoms. The summed E-state index contributed by atoms with van der Waals surface area (Å²) in [5.41, 5.74) is 6.27. The molecule has 2 aromatic rings. The van der Waals surface area contributed by atoms with Gasteiger partial charge in [0.05, 0.1) is 11.7 Å². The van der Waals surface area contributed by atoms with E-state index in [1.807, 2.05) is 13.0 Å². The van der Waals surface area contributed by atoms with Gasteiger partial charge in [-0.05, 0) is 62.6 Å². The minimum Gasteiger partial charge on any atom is -0.309 e. The summed E-state index contributed by atoms with van der Waals surface area (Å²) < 4.78 is 0. The molecule has 0 saturated carbocycles. The summed E-state index contributed by atoms with van der Waals surface area (Å²) in [5, 5.41) is 3.55. The quantitative estimate of drug-likeness (QED) is 0.889. The van der Waals surface area contributed by atoms with Crippen molar-refractivity contribution in [1.29, 1.82) is 0 Å². The van der Waals surface area contributed by atoms with Gasteiger partial charge in [-0.3, -0.25) is 4.98 Å². The Bertz CT molecular complexity index is 575. The molecule has 1 heterocycles. The Morgan fingerprint density at radius 1 is 1.05 bits per heavy atom. The van der Waals surface area contributed by atoms with Gasteiger partial charge in [-0.2, -0.15) is 0 Å². The normalized spacial score (nSPS) is 12.4. The number of nitrogens with one attached hydrogen (secondary N) is 1. The minimum absolute atomic E-state index is 0.280. The fourth-order valence-electron chi connectivity index (χ4n) is 2.45. The molecule has 0 fully saturated rings. The largest absolute Gasteiger partial charge is 0.309 e. The number of aromatic nitrogens is 1. The van der Waals surface area contributed by atoms with Crippen LogP contribution in [0.1, 0.15) is 41.0 Å². The average Bonchev–Trinajstić information content (AvgIpc) is 2.42. The van der Waals surface area contributed by atoms with Crippen molar-refractivity contribution >= 4 is 0 Å². The van der Waals surface area contributed by atoms with Crippen LogP contribution in [0.15, 0.2) is 36.4 Å². The van der Waals surface area contributed by atoms with E-state index in [1.165, 1.54) is 16.7 Å². The Kier molecular flexibility index (Phi) is 4.91. The maximum Gasteiger partial charge on any atom is 0.0579 e. The highest BCUT2D eigenvalue weighted by Gasteiger charge is 2.13. The number of rotatable bonds is 5. The monoisotopic (exact) mass is 268 g/mol. The van der Waals surface area contributed by atoms with E-state index in [0.29, 0.717) is 0 Å². The first kappa shape index (κ1) is 14.7. The maximum atomic E-state index is 4.67. The second-order valence-electron chi connectivity index (χ2n) is 5.44. The smallest absolute Gasteiger partial charge is 0.0579 e. The van der Waals surface area contributed by atoms with Gasteiger partial charge in [0, 0.05) is 5.69 Å². The van der Waals surface area contributed by atoms with E-state index in [1.54, 1.807) is 0 Å². The summed E-state index contributed by atoms with van der Waals surface area (Å²) in [6, 6.07) is 13.2. The summed E-state index contributed by atoms with van der Waals surface area (Å²) in [4.78, 5) is 4.67. The summed E-state index contributed by atoms with van der Waals surface area (Å²) in [5.74, 6) is 0. The molecule has 0 aliphatic rings. The molecule has 1 N–H and O–H groups in total. The first-order valence-electron chi connectivity index (χ1n) is 7.33. The Hall–Kier alpha value is -1.67. The fraction of sp³-hybridized carbons (Fsp3) is 0.389. The van der Waals surface area contributed by atoms with Crippen molar-refractivity contribution in [3.05, 3.63) is 64.5 Å². The lowest BCUT2D eigenvalue weighted by molar-refractivity contribution is 0.535. The summed E-state index contributed by atoms with van der Waals surface area (Å²) in [6.07, 6.45) is 0.978. The molecule has 0 aliphatic heterocycles. The van der Waals surface area contributed by atoms with Crippen molar-refractivity contribution in [2.45, 2.75) is 40.2 Å². The zero-order valence-corrected chi connectivity index (χ0v) is 12.9. The molecule has 1 atom stereocenters. The maximum absolute atomic E-state index is 4.67. The van der Waals surface area contributed by atoms with Crippen molar-refractivity contribution in [2.75, 3.05) is 6.54 Å². The van der Waals surface area contributed by atoms with Gasteiger partial charge < -0.3 is 5.32 Å². The minimum atomic E-state index is 0.280. The van der Waals surface area contributed by atoms with E-state index < -0.39 is 0 Å². The van der Waals surface area contributed by atoms with Crippen LogP contribution in [0.2, 0.25) is 0 Å². The summed E-state index contributed by atoms with van der Waals surface area (Å²) in [7, 11) is 0. The summed E-state index contributed by atoms with van der Waals surface area (Å²) in [6.45, 7) is 9.46. The third-order valence-electron chi connectivity index (χ3n) is 3.73. The van der Waals surface area contributed by atoms with E-state index in [-0.39, 0.29) is 6.04 Å². The van der Waals surface area contributed by atoms with Crippen LogP contribution in [-0.2, 0) is 6.42 Å². The molecule has 1 aromatic carbocycles. The molecule has 2 rings (SSSR count). The number of pyridine rings is 1. The lowest BCUT2D eigenvalue weighted by Gasteiger charge is -2.18. The van der Waals surface area contributed by atoms with Gasteiger partial charge in [0.2, 0.25) is 0 Å². The first-order chi connectivity index (χ1) is 9.60. The lowest BCUT2D eigenvalue weighted by atomic mass is 9.99. The molecule has 0 amide bonds. The standard InChI is InChI=1S/C18H24N2/c1-5-19-18(17-8-6-7-15(4)20-17)12-16-10-9-13(2)14(3)11-16/h6-11,18-19H,5,12H2,1-4H3. The molecule has 0 radical (unpaired) electrons. The molecule has 2 nitrogen and oxygen atoms in total. The lowest BCUT2D eigenvalue weighted by Crippen LogP contribution is -2.24. The van der Waals surface area contributed by atoms with Crippen molar-refractivity contribution < 1.29 is 0 Å². The van der Waals surface area contributed by atoms with Crippen LogP contribution >= 0.6 is 0 Å². The Morgan fingerprint density at radius 3 is 2.50 bits per heavy atom. The van der Waals surface area contributed by atoms with Gasteiger partial charge in [0.25, 0.3) is 0 Å². The molecule has 0 aliphatic carbocycles. The van der Waals surface area contributed by atoms with Gasteiger partial charge in [-0.25, -0.2) is 0 Å². The highest BCUT2D eigenvalue weighted by Crippen LogP contribution is 2.19. The first-order valence-corrected chi connectivity index (χ1v) is 7.33. The van der Waals surface area contributed by atoms with Crippen molar-refractivity contribution in [1.82, 2.24) is 10.3 Å². The highest BCUT2D eigenvalue weighted by atomic mass is 14.9. The Morgan fingerprint density at radius 2 is 1.85 bits per heavy atom. The van der Waals surface area contributed by atoms with Gasteiger partial charge in [0.15, 0.2) is 0 Å². The van der Waals surface area contributed by atoms with Gasteiger partial charge in [-0.1, -0.05) is 31.2 Å². The topological polar surface area (TPSA) is 24.9 Å². The van der Waals surface area contributed by atoms with Crippen LogP contribution in [-0.4, -0.2) is 11.5 Å². The van der Waals surface area contributed by atoms with Gasteiger partial charge in [-0.15, -0.1) is 0 Å². The predicted octanol–water partition coefficient (Wildman–Crippen LogP) is 3.90. The van der Waals surface area contributed by atoms with E-state index in [2.05, 4.69) is 61.4 Å². The number of likely N-dealkylation sites (N-methyl/N-ethyl adjacent to an activating group) is 1. The molecular weight excluding hydrogens is 244 g/mol. The average molecular weight is 268 g/mol. The molecule has 0 bridgehead atoms. The molecule has 1 aromatic heterocycles. The Labute approximate surface area is 122 Å². The molecule has 20 heavy (non-hydrogen) atoms. The van der Waals surface area contributed by atoms with E-state index >= 15 is 0 Å². The number of aryl methyl sites for hydroxylation is 3. The van der Waals surface area contributed by atoms with Crippen LogP contribution in [0.4, 0.5) is 0 Å². The van der Waals surface area contributed by atoms with Crippen LogP contribution in [0.3, 0.4) is 0 Å². The van der Waals surface area contributed by atoms with Gasteiger partial charge >= 0.3 is 0 Å². The van der Waals surface area contributed by atoms with E-state index in [9.17, 15) is 0 Å².